The third-order valence-electron chi connectivity index (χ3n) is 3.79. The summed E-state index contributed by atoms with van der Waals surface area (Å²) in [5.74, 6) is 0.921. The van der Waals surface area contributed by atoms with Crippen molar-refractivity contribution in [1.82, 2.24) is 4.90 Å². The Morgan fingerprint density at radius 1 is 1.14 bits per heavy atom. The first-order valence-corrected chi connectivity index (χ1v) is 7.24. The van der Waals surface area contributed by atoms with Crippen LogP contribution in [0.5, 0.6) is 5.75 Å². The van der Waals surface area contributed by atoms with Gasteiger partial charge in [-0.3, -0.25) is 4.90 Å². The molecular formula is C18H24N2O. The molecule has 21 heavy (non-hydrogen) atoms. The van der Waals surface area contributed by atoms with E-state index in [-0.39, 0.29) is 6.04 Å². The minimum atomic E-state index is 0.204. The Bertz CT molecular complexity index is 583. The van der Waals surface area contributed by atoms with Crippen LogP contribution >= 0.6 is 0 Å². The van der Waals surface area contributed by atoms with E-state index >= 15 is 0 Å². The predicted molar refractivity (Wildman–Crippen MR) is 87.4 cm³/mol. The number of nitrogens with zero attached hydrogens (tertiary/aromatic N) is 1. The summed E-state index contributed by atoms with van der Waals surface area (Å²) in [5.41, 5.74) is 9.70. The summed E-state index contributed by atoms with van der Waals surface area (Å²) in [7, 11) is 3.81. The zero-order chi connectivity index (χ0) is 15.2. The highest BCUT2D eigenvalue weighted by atomic mass is 16.5. The van der Waals surface area contributed by atoms with Crippen LogP contribution in [0.4, 0.5) is 0 Å². The summed E-state index contributed by atoms with van der Waals surface area (Å²) in [4.78, 5) is 2.27. The fraction of sp³-hybridized carbons (Fsp3) is 0.333. The van der Waals surface area contributed by atoms with Gasteiger partial charge in [-0.1, -0.05) is 48.0 Å². The average Bonchev–Trinajstić information content (AvgIpc) is 2.48. The van der Waals surface area contributed by atoms with Crippen molar-refractivity contribution in [1.29, 1.82) is 0 Å². The molecule has 2 rings (SSSR count). The molecule has 0 aliphatic rings. The molecule has 3 nitrogen and oxygen atoms in total. The molecule has 2 N–H and O–H groups in total. The summed E-state index contributed by atoms with van der Waals surface area (Å²) in [6.45, 7) is 3.51. The van der Waals surface area contributed by atoms with E-state index in [1.807, 2.05) is 18.2 Å². The van der Waals surface area contributed by atoms with E-state index in [2.05, 4.69) is 49.2 Å². The van der Waals surface area contributed by atoms with Crippen molar-refractivity contribution in [2.24, 2.45) is 5.73 Å². The number of nitrogens with two attached hydrogens (primary N) is 1. The second-order valence-corrected chi connectivity index (χ2v) is 5.39. The second kappa shape index (κ2) is 7.25. The van der Waals surface area contributed by atoms with Gasteiger partial charge in [-0.05, 0) is 25.6 Å². The maximum atomic E-state index is 6.01. The van der Waals surface area contributed by atoms with Gasteiger partial charge in [-0.2, -0.15) is 0 Å². The van der Waals surface area contributed by atoms with Crippen LogP contribution in [0.15, 0.2) is 48.5 Å². The molecule has 0 fully saturated rings. The Morgan fingerprint density at radius 2 is 1.90 bits per heavy atom. The van der Waals surface area contributed by atoms with Crippen LogP contribution < -0.4 is 10.5 Å². The second-order valence-electron chi connectivity index (χ2n) is 5.39. The van der Waals surface area contributed by atoms with Crippen LogP contribution in [-0.2, 0) is 6.54 Å². The molecule has 0 saturated heterocycles. The van der Waals surface area contributed by atoms with Gasteiger partial charge in [0.15, 0.2) is 0 Å². The minimum absolute atomic E-state index is 0.204. The lowest BCUT2D eigenvalue weighted by Crippen LogP contribution is -2.30. The van der Waals surface area contributed by atoms with Gasteiger partial charge in [-0.25, -0.2) is 0 Å². The van der Waals surface area contributed by atoms with E-state index in [9.17, 15) is 0 Å². The summed E-state index contributed by atoms with van der Waals surface area (Å²) >= 11 is 0. The Morgan fingerprint density at radius 3 is 2.57 bits per heavy atom. The summed E-state index contributed by atoms with van der Waals surface area (Å²) in [5, 5.41) is 0. The Labute approximate surface area is 127 Å². The highest BCUT2D eigenvalue weighted by Crippen LogP contribution is 2.24. The number of benzene rings is 2. The fourth-order valence-corrected chi connectivity index (χ4v) is 2.66. The molecule has 0 radical (unpaired) electrons. The SMILES string of the molecule is COc1ccccc1CN(C)C(CN)c1cccc(C)c1. The Hall–Kier alpha value is -1.84. The molecule has 0 spiro atoms. The van der Waals surface area contributed by atoms with E-state index in [1.54, 1.807) is 7.11 Å². The van der Waals surface area contributed by atoms with Crippen molar-refractivity contribution < 1.29 is 4.74 Å². The molecule has 112 valence electrons. The molecule has 0 heterocycles. The maximum Gasteiger partial charge on any atom is 0.123 e. The molecule has 0 saturated carbocycles. The van der Waals surface area contributed by atoms with Crippen LogP contribution in [0, 0.1) is 6.92 Å². The number of hydrogen-bond acceptors (Lipinski definition) is 3. The first kappa shape index (κ1) is 15.5. The molecule has 1 atom stereocenters. The number of methoxy groups -OCH3 is 1. The normalized spacial score (nSPS) is 12.4. The molecule has 0 aliphatic heterocycles. The monoisotopic (exact) mass is 284 g/mol. The standard InChI is InChI=1S/C18H24N2O/c1-14-7-6-9-15(11-14)17(12-19)20(2)13-16-8-4-5-10-18(16)21-3/h4-11,17H,12-13,19H2,1-3H3. The molecular weight excluding hydrogens is 260 g/mol. The van der Waals surface area contributed by atoms with Crippen molar-refractivity contribution in [3.05, 3.63) is 65.2 Å². The van der Waals surface area contributed by atoms with Crippen molar-refractivity contribution in [3.63, 3.8) is 0 Å². The van der Waals surface area contributed by atoms with Gasteiger partial charge in [0.1, 0.15) is 5.75 Å². The first-order valence-electron chi connectivity index (χ1n) is 7.24. The van der Waals surface area contributed by atoms with Crippen LogP contribution in [-0.4, -0.2) is 25.6 Å². The molecule has 0 bridgehead atoms. The number of para-hydroxylation sites is 1. The highest BCUT2D eigenvalue weighted by Gasteiger charge is 2.17. The quantitative estimate of drug-likeness (QED) is 0.885. The lowest BCUT2D eigenvalue weighted by Gasteiger charge is -2.28. The molecule has 0 aromatic heterocycles. The molecule has 0 amide bonds. The Kier molecular flexibility index (Phi) is 5.37. The predicted octanol–water partition coefficient (Wildman–Crippen LogP) is 3.14. The first-order chi connectivity index (χ1) is 10.2. The van der Waals surface area contributed by atoms with E-state index in [0.717, 1.165) is 12.3 Å². The average molecular weight is 284 g/mol. The highest BCUT2D eigenvalue weighted by molar-refractivity contribution is 5.33. The summed E-state index contributed by atoms with van der Waals surface area (Å²) < 4.78 is 5.43. The third kappa shape index (κ3) is 3.84. The topological polar surface area (TPSA) is 38.5 Å². The molecule has 1 unspecified atom stereocenters. The molecule has 2 aromatic carbocycles. The number of ether oxygens (including phenoxy) is 1. The zero-order valence-corrected chi connectivity index (χ0v) is 13.0. The van der Waals surface area contributed by atoms with Gasteiger partial charge in [0.2, 0.25) is 0 Å². The number of rotatable bonds is 6. The molecule has 3 heteroatoms. The van der Waals surface area contributed by atoms with E-state index in [1.165, 1.54) is 16.7 Å². The minimum Gasteiger partial charge on any atom is -0.496 e. The largest absolute Gasteiger partial charge is 0.496 e. The van der Waals surface area contributed by atoms with Gasteiger partial charge in [-0.15, -0.1) is 0 Å². The van der Waals surface area contributed by atoms with Crippen molar-refractivity contribution in [3.8, 4) is 5.75 Å². The number of hydrogen-bond donors (Lipinski definition) is 1. The van der Waals surface area contributed by atoms with Gasteiger partial charge in [0.05, 0.1) is 7.11 Å². The van der Waals surface area contributed by atoms with Crippen LogP contribution in [0.1, 0.15) is 22.7 Å². The van der Waals surface area contributed by atoms with Crippen molar-refractivity contribution in [2.75, 3.05) is 20.7 Å². The smallest absolute Gasteiger partial charge is 0.123 e. The number of aryl methyl sites for hydroxylation is 1. The van der Waals surface area contributed by atoms with Crippen LogP contribution in [0.3, 0.4) is 0 Å². The molecule has 2 aromatic rings. The third-order valence-corrected chi connectivity index (χ3v) is 3.79. The van der Waals surface area contributed by atoms with Gasteiger partial charge < -0.3 is 10.5 Å². The van der Waals surface area contributed by atoms with E-state index in [0.29, 0.717) is 6.54 Å². The summed E-state index contributed by atoms with van der Waals surface area (Å²) in [6, 6.07) is 16.9. The number of likely N-dealkylation sites (N-methyl/N-ethyl adjacent to an activating group) is 1. The van der Waals surface area contributed by atoms with Gasteiger partial charge in [0, 0.05) is 24.7 Å². The lowest BCUT2D eigenvalue weighted by molar-refractivity contribution is 0.238. The van der Waals surface area contributed by atoms with Crippen LogP contribution in [0.25, 0.3) is 0 Å². The fourth-order valence-electron chi connectivity index (χ4n) is 2.66. The van der Waals surface area contributed by atoms with Crippen LogP contribution in [0.2, 0.25) is 0 Å². The van der Waals surface area contributed by atoms with Crippen molar-refractivity contribution in [2.45, 2.75) is 19.5 Å². The van der Waals surface area contributed by atoms with Gasteiger partial charge >= 0.3 is 0 Å². The van der Waals surface area contributed by atoms with Gasteiger partial charge in [0.25, 0.3) is 0 Å². The Balaban J connectivity index is 2.19. The molecule has 0 aliphatic carbocycles. The van der Waals surface area contributed by atoms with E-state index < -0.39 is 0 Å². The van der Waals surface area contributed by atoms with Crippen molar-refractivity contribution >= 4 is 0 Å². The maximum absolute atomic E-state index is 6.01. The van der Waals surface area contributed by atoms with E-state index in [4.69, 9.17) is 10.5 Å². The zero-order valence-electron chi connectivity index (χ0n) is 13.0. The summed E-state index contributed by atoms with van der Waals surface area (Å²) in [6.07, 6.45) is 0. The lowest BCUT2D eigenvalue weighted by atomic mass is 10.0.